The molecule has 0 spiro atoms. The predicted molar refractivity (Wildman–Crippen MR) is 79.3 cm³/mol. The molecule has 2 nitrogen and oxygen atoms in total. The van der Waals surface area contributed by atoms with Crippen molar-refractivity contribution >= 4 is 32.6 Å². The van der Waals surface area contributed by atoms with Crippen LogP contribution in [0, 0.1) is 0 Å². The number of hydrogen-bond acceptors (Lipinski definition) is 1. The van der Waals surface area contributed by atoms with Crippen molar-refractivity contribution in [2.75, 3.05) is 13.6 Å². The summed E-state index contributed by atoms with van der Waals surface area (Å²) < 4.78 is 0. The zero-order chi connectivity index (χ0) is 13.1. The Morgan fingerprint density at radius 3 is 2.61 bits per heavy atom. The van der Waals surface area contributed by atoms with Gasteiger partial charge < -0.3 is 4.90 Å². The largest absolute Gasteiger partial charge is 0.341 e. The molecule has 0 aliphatic heterocycles. The van der Waals surface area contributed by atoms with Crippen molar-refractivity contribution in [1.29, 1.82) is 0 Å². The van der Waals surface area contributed by atoms with Gasteiger partial charge in [0.2, 0.25) is 0 Å². The smallest absolute Gasteiger partial charge is 0.254 e. The fraction of sp³-hybridized carbons (Fsp3) is 0.267. The third kappa shape index (κ3) is 2.72. The first-order chi connectivity index (χ1) is 8.59. The van der Waals surface area contributed by atoms with Gasteiger partial charge in [-0.3, -0.25) is 4.79 Å². The van der Waals surface area contributed by atoms with Crippen molar-refractivity contribution in [1.82, 2.24) is 4.90 Å². The number of carbonyl (C=O) groups excluding carboxylic acids is 1. The van der Waals surface area contributed by atoms with Crippen molar-refractivity contribution in [3.8, 4) is 0 Å². The Hall–Kier alpha value is -1.35. The summed E-state index contributed by atoms with van der Waals surface area (Å²) in [4.78, 5) is 14.4. The minimum Gasteiger partial charge on any atom is -0.341 e. The van der Waals surface area contributed by atoms with Crippen LogP contribution < -0.4 is 0 Å². The molecule has 0 heterocycles. The van der Waals surface area contributed by atoms with Gasteiger partial charge in [0.05, 0.1) is 0 Å². The molecule has 1 unspecified atom stereocenters. The first kappa shape index (κ1) is 13.1. The van der Waals surface area contributed by atoms with Crippen LogP contribution in [0.25, 0.3) is 10.8 Å². The highest BCUT2D eigenvalue weighted by Gasteiger charge is 2.15. The number of halogens is 1. The maximum absolute atomic E-state index is 12.4. The van der Waals surface area contributed by atoms with Crippen molar-refractivity contribution in [2.24, 2.45) is 0 Å². The summed E-state index contributed by atoms with van der Waals surface area (Å²) in [5.74, 6) is 0.0677. The average molecular weight is 306 g/mol. The first-order valence-corrected chi connectivity index (χ1v) is 6.88. The summed E-state index contributed by atoms with van der Waals surface area (Å²) in [5.41, 5.74) is 0.767. The van der Waals surface area contributed by atoms with E-state index in [1.54, 1.807) is 4.90 Å². The molecular weight excluding hydrogens is 290 g/mol. The highest BCUT2D eigenvalue weighted by atomic mass is 79.9. The van der Waals surface area contributed by atoms with Crippen molar-refractivity contribution < 1.29 is 4.79 Å². The number of amides is 1. The van der Waals surface area contributed by atoms with E-state index in [4.69, 9.17) is 0 Å². The van der Waals surface area contributed by atoms with Gasteiger partial charge in [-0.15, -0.1) is 0 Å². The van der Waals surface area contributed by atoms with Crippen LogP contribution in [-0.2, 0) is 0 Å². The van der Waals surface area contributed by atoms with Crippen LogP contribution in [0.4, 0.5) is 0 Å². The Morgan fingerprint density at radius 1 is 1.22 bits per heavy atom. The van der Waals surface area contributed by atoms with E-state index < -0.39 is 0 Å². The van der Waals surface area contributed by atoms with E-state index in [2.05, 4.69) is 15.9 Å². The minimum absolute atomic E-state index is 0.0677. The van der Waals surface area contributed by atoms with Gasteiger partial charge in [0.1, 0.15) is 0 Å². The van der Waals surface area contributed by atoms with E-state index in [9.17, 15) is 4.79 Å². The first-order valence-electron chi connectivity index (χ1n) is 5.97. The monoisotopic (exact) mass is 305 g/mol. The Balaban J connectivity index is 2.39. The average Bonchev–Trinajstić information content (AvgIpc) is 2.36. The molecule has 3 heteroatoms. The van der Waals surface area contributed by atoms with Gasteiger partial charge in [-0.25, -0.2) is 0 Å². The Morgan fingerprint density at radius 2 is 1.89 bits per heavy atom. The topological polar surface area (TPSA) is 20.3 Å². The molecule has 0 aromatic heterocycles. The minimum atomic E-state index is 0.0677. The van der Waals surface area contributed by atoms with Gasteiger partial charge in [-0.2, -0.15) is 0 Å². The van der Waals surface area contributed by atoms with Crippen LogP contribution in [0.5, 0.6) is 0 Å². The zero-order valence-corrected chi connectivity index (χ0v) is 12.1. The molecule has 0 radical (unpaired) electrons. The second-order valence-electron chi connectivity index (χ2n) is 4.49. The van der Waals surface area contributed by atoms with E-state index in [-0.39, 0.29) is 5.91 Å². The number of carbonyl (C=O) groups is 1. The summed E-state index contributed by atoms with van der Waals surface area (Å²) in [6.45, 7) is 2.73. The molecule has 0 saturated heterocycles. The summed E-state index contributed by atoms with van der Waals surface area (Å²) in [7, 11) is 1.84. The molecule has 2 aromatic rings. The van der Waals surface area contributed by atoms with Gasteiger partial charge in [0, 0.05) is 24.0 Å². The molecule has 0 aliphatic rings. The lowest BCUT2D eigenvalue weighted by Crippen LogP contribution is -2.31. The zero-order valence-electron chi connectivity index (χ0n) is 10.6. The summed E-state index contributed by atoms with van der Waals surface area (Å²) in [6.07, 6.45) is 0. The summed E-state index contributed by atoms with van der Waals surface area (Å²) >= 11 is 3.47. The highest BCUT2D eigenvalue weighted by molar-refractivity contribution is 9.09. The SMILES string of the molecule is CC(Br)CN(C)C(=O)c1cccc2ccccc12. The van der Waals surface area contributed by atoms with E-state index >= 15 is 0 Å². The molecule has 1 amide bonds. The molecule has 0 fully saturated rings. The van der Waals surface area contributed by atoms with Crippen LogP contribution >= 0.6 is 15.9 Å². The molecule has 0 aliphatic carbocycles. The van der Waals surface area contributed by atoms with Crippen LogP contribution in [0.1, 0.15) is 17.3 Å². The van der Waals surface area contributed by atoms with Crippen molar-refractivity contribution in [3.63, 3.8) is 0 Å². The lowest BCUT2D eigenvalue weighted by atomic mass is 10.0. The van der Waals surface area contributed by atoms with Gasteiger partial charge in [-0.05, 0) is 16.8 Å². The fourth-order valence-electron chi connectivity index (χ4n) is 2.08. The summed E-state index contributed by atoms with van der Waals surface area (Å²) in [6, 6.07) is 13.8. The highest BCUT2D eigenvalue weighted by Crippen LogP contribution is 2.20. The van der Waals surface area contributed by atoms with Crippen LogP contribution in [0.3, 0.4) is 0 Å². The third-order valence-electron chi connectivity index (χ3n) is 2.89. The van der Waals surface area contributed by atoms with Crippen LogP contribution in [0.15, 0.2) is 42.5 Å². The number of fused-ring (bicyclic) bond motifs is 1. The Kier molecular flexibility index (Phi) is 4.02. The number of hydrogen-bond donors (Lipinski definition) is 0. The number of alkyl halides is 1. The molecule has 94 valence electrons. The van der Waals surface area contributed by atoms with Gasteiger partial charge in [0.15, 0.2) is 0 Å². The maximum Gasteiger partial charge on any atom is 0.254 e. The van der Waals surface area contributed by atoms with Crippen LogP contribution in [-0.4, -0.2) is 29.2 Å². The van der Waals surface area contributed by atoms with E-state index in [1.165, 1.54) is 0 Å². The maximum atomic E-state index is 12.4. The molecule has 2 rings (SSSR count). The van der Waals surface area contributed by atoms with E-state index in [0.29, 0.717) is 11.4 Å². The van der Waals surface area contributed by atoms with E-state index in [1.807, 2.05) is 56.4 Å². The molecule has 18 heavy (non-hydrogen) atoms. The van der Waals surface area contributed by atoms with Crippen molar-refractivity contribution in [2.45, 2.75) is 11.8 Å². The molecule has 2 aromatic carbocycles. The normalized spacial score (nSPS) is 12.4. The van der Waals surface area contributed by atoms with Gasteiger partial charge in [0.25, 0.3) is 5.91 Å². The fourth-order valence-corrected chi connectivity index (χ4v) is 2.51. The Bertz CT molecular complexity index is 560. The second-order valence-corrected chi connectivity index (χ2v) is 6.06. The molecular formula is C15H16BrNO. The lowest BCUT2D eigenvalue weighted by molar-refractivity contribution is 0.0799. The van der Waals surface area contributed by atoms with Gasteiger partial charge >= 0.3 is 0 Å². The number of benzene rings is 2. The molecule has 0 saturated carbocycles. The third-order valence-corrected chi connectivity index (χ3v) is 3.18. The van der Waals surface area contributed by atoms with E-state index in [0.717, 1.165) is 16.3 Å². The standard InChI is InChI=1S/C15H16BrNO/c1-11(16)10-17(2)15(18)14-9-5-7-12-6-3-4-8-13(12)14/h3-9,11H,10H2,1-2H3. The number of nitrogens with zero attached hydrogens (tertiary/aromatic N) is 1. The van der Waals surface area contributed by atoms with Crippen molar-refractivity contribution in [3.05, 3.63) is 48.0 Å². The van der Waals surface area contributed by atoms with Gasteiger partial charge in [-0.1, -0.05) is 59.3 Å². The molecule has 0 bridgehead atoms. The second kappa shape index (κ2) is 5.53. The lowest BCUT2D eigenvalue weighted by Gasteiger charge is -2.19. The quantitative estimate of drug-likeness (QED) is 0.792. The Labute approximate surface area is 116 Å². The summed E-state index contributed by atoms with van der Waals surface area (Å²) in [5, 5.41) is 2.11. The van der Waals surface area contributed by atoms with Crippen LogP contribution in [0.2, 0.25) is 0 Å². The predicted octanol–water partition coefficient (Wildman–Crippen LogP) is 3.70. The molecule has 1 atom stereocenters. The number of rotatable bonds is 3. The molecule has 0 N–H and O–H groups in total.